The van der Waals surface area contributed by atoms with Crippen molar-refractivity contribution < 1.29 is 19.1 Å². The normalized spacial score (nSPS) is 10.4. The van der Waals surface area contributed by atoms with E-state index in [0.717, 1.165) is 29.9 Å². The zero-order valence-corrected chi connectivity index (χ0v) is 19.2. The van der Waals surface area contributed by atoms with Crippen molar-refractivity contribution in [3.8, 4) is 11.5 Å². The van der Waals surface area contributed by atoms with Crippen LogP contribution >= 0.6 is 12.2 Å². The third kappa shape index (κ3) is 9.18. The van der Waals surface area contributed by atoms with E-state index in [0.29, 0.717) is 12.2 Å². The molecule has 0 fully saturated rings. The highest BCUT2D eigenvalue weighted by atomic mass is 32.1. The molecule has 7 nitrogen and oxygen atoms in total. The SMILES string of the molecule is CCCCCCOc1ccc(C(=O)NNC(=S)NC(=O)C=Cc2ccc(OC)cc2)cc1. The smallest absolute Gasteiger partial charge is 0.269 e. The fraction of sp³-hybridized carbons (Fsp3) is 0.292. The topological polar surface area (TPSA) is 88.7 Å². The van der Waals surface area contributed by atoms with Crippen LogP contribution in [-0.4, -0.2) is 30.6 Å². The molecule has 0 aliphatic heterocycles. The highest BCUT2D eigenvalue weighted by Crippen LogP contribution is 2.13. The fourth-order valence-corrected chi connectivity index (χ4v) is 2.83. The van der Waals surface area contributed by atoms with Gasteiger partial charge >= 0.3 is 0 Å². The summed E-state index contributed by atoms with van der Waals surface area (Å²) in [4.78, 5) is 24.2. The van der Waals surface area contributed by atoms with E-state index in [1.807, 2.05) is 12.1 Å². The Bertz CT molecular complexity index is 912. The molecular weight excluding hydrogens is 426 g/mol. The molecule has 8 heteroatoms. The fourth-order valence-electron chi connectivity index (χ4n) is 2.68. The quantitative estimate of drug-likeness (QED) is 0.217. The summed E-state index contributed by atoms with van der Waals surface area (Å²) in [6.07, 6.45) is 7.54. The summed E-state index contributed by atoms with van der Waals surface area (Å²) in [5.41, 5.74) is 6.23. The van der Waals surface area contributed by atoms with Crippen LogP contribution in [0.15, 0.2) is 54.6 Å². The monoisotopic (exact) mass is 455 g/mol. The minimum Gasteiger partial charge on any atom is -0.497 e. The number of hydrogen-bond acceptors (Lipinski definition) is 5. The summed E-state index contributed by atoms with van der Waals surface area (Å²) in [7, 11) is 1.59. The lowest BCUT2D eigenvalue weighted by Crippen LogP contribution is -2.48. The Morgan fingerprint density at radius 1 is 0.938 bits per heavy atom. The van der Waals surface area contributed by atoms with Crippen molar-refractivity contribution in [2.45, 2.75) is 32.6 Å². The van der Waals surface area contributed by atoms with Gasteiger partial charge in [-0.05, 0) is 66.7 Å². The van der Waals surface area contributed by atoms with Crippen molar-refractivity contribution in [2.75, 3.05) is 13.7 Å². The van der Waals surface area contributed by atoms with Crippen LogP contribution in [0.3, 0.4) is 0 Å². The number of nitrogens with one attached hydrogen (secondary N) is 3. The molecule has 0 saturated heterocycles. The number of benzene rings is 2. The zero-order valence-electron chi connectivity index (χ0n) is 18.4. The van der Waals surface area contributed by atoms with Crippen LogP contribution in [0.4, 0.5) is 0 Å². The van der Waals surface area contributed by atoms with Gasteiger partial charge in [-0.15, -0.1) is 0 Å². The Hall–Kier alpha value is -3.39. The first-order valence-corrected chi connectivity index (χ1v) is 10.9. The molecule has 0 radical (unpaired) electrons. The lowest BCUT2D eigenvalue weighted by Gasteiger charge is -2.10. The molecule has 32 heavy (non-hydrogen) atoms. The minimum absolute atomic E-state index is 0.0187. The molecule has 0 spiro atoms. The summed E-state index contributed by atoms with van der Waals surface area (Å²) in [6.45, 7) is 2.83. The van der Waals surface area contributed by atoms with E-state index in [1.54, 1.807) is 49.6 Å². The molecule has 3 N–H and O–H groups in total. The van der Waals surface area contributed by atoms with Crippen molar-refractivity contribution in [1.82, 2.24) is 16.2 Å². The van der Waals surface area contributed by atoms with E-state index in [2.05, 4.69) is 23.1 Å². The largest absolute Gasteiger partial charge is 0.497 e. The molecule has 0 aromatic heterocycles. The molecule has 0 saturated carbocycles. The summed E-state index contributed by atoms with van der Waals surface area (Å²) in [6, 6.07) is 14.1. The van der Waals surface area contributed by atoms with Gasteiger partial charge in [0.2, 0.25) is 5.91 Å². The van der Waals surface area contributed by atoms with Crippen LogP contribution in [0, 0.1) is 0 Å². The maximum absolute atomic E-state index is 12.2. The van der Waals surface area contributed by atoms with Gasteiger partial charge < -0.3 is 9.47 Å². The van der Waals surface area contributed by atoms with E-state index in [9.17, 15) is 9.59 Å². The number of amides is 2. The zero-order chi connectivity index (χ0) is 23.2. The number of thiocarbonyl (C=S) groups is 1. The average Bonchev–Trinajstić information content (AvgIpc) is 2.82. The molecule has 0 bridgehead atoms. The lowest BCUT2D eigenvalue weighted by molar-refractivity contribution is -0.115. The van der Waals surface area contributed by atoms with Gasteiger partial charge in [0.05, 0.1) is 13.7 Å². The Labute approximate surface area is 194 Å². The number of carbonyl (C=O) groups excluding carboxylic acids is 2. The lowest BCUT2D eigenvalue weighted by atomic mass is 10.2. The highest BCUT2D eigenvalue weighted by molar-refractivity contribution is 7.80. The van der Waals surface area contributed by atoms with Crippen LogP contribution in [0.1, 0.15) is 48.5 Å². The Kier molecular flexibility index (Phi) is 10.7. The van der Waals surface area contributed by atoms with Crippen LogP contribution in [0.2, 0.25) is 0 Å². The number of unbranched alkanes of at least 4 members (excludes halogenated alkanes) is 3. The van der Waals surface area contributed by atoms with Crippen LogP contribution in [0.25, 0.3) is 6.08 Å². The predicted molar refractivity (Wildman–Crippen MR) is 129 cm³/mol. The third-order valence-corrected chi connectivity index (χ3v) is 4.66. The average molecular weight is 456 g/mol. The standard InChI is InChI=1S/C24H29N3O4S/c1-3-4-5-6-17-31-21-14-10-19(11-15-21)23(29)26-27-24(32)25-22(28)16-9-18-7-12-20(30-2)13-8-18/h7-16H,3-6,17H2,1-2H3,(H,26,29)(H2,25,27,28,32). The van der Waals surface area contributed by atoms with Gasteiger partial charge in [0.25, 0.3) is 5.91 Å². The maximum Gasteiger partial charge on any atom is 0.269 e. The highest BCUT2D eigenvalue weighted by Gasteiger charge is 2.07. The van der Waals surface area contributed by atoms with Gasteiger partial charge in [0.1, 0.15) is 11.5 Å². The van der Waals surface area contributed by atoms with Crippen molar-refractivity contribution in [2.24, 2.45) is 0 Å². The van der Waals surface area contributed by atoms with Gasteiger partial charge in [-0.3, -0.25) is 25.8 Å². The van der Waals surface area contributed by atoms with Crippen molar-refractivity contribution in [3.63, 3.8) is 0 Å². The van der Waals surface area contributed by atoms with Crippen molar-refractivity contribution in [3.05, 3.63) is 65.7 Å². The van der Waals surface area contributed by atoms with Crippen LogP contribution in [0.5, 0.6) is 11.5 Å². The van der Waals surface area contributed by atoms with E-state index < -0.39 is 5.91 Å². The summed E-state index contributed by atoms with van der Waals surface area (Å²) < 4.78 is 10.8. The van der Waals surface area contributed by atoms with Crippen molar-refractivity contribution in [1.29, 1.82) is 0 Å². The Morgan fingerprint density at radius 2 is 1.62 bits per heavy atom. The second-order valence-corrected chi connectivity index (χ2v) is 7.35. The van der Waals surface area contributed by atoms with Gasteiger partial charge in [0, 0.05) is 11.6 Å². The molecular formula is C24H29N3O4S. The maximum atomic E-state index is 12.2. The second kappa shape index (κ2) is 13.8. The van der Waals surface area contributed by atoms with Gasteiger partial charge in [0.15, 0.2) is 5.11 Å². The first kappa shape index (κ1) is 24.9. The Morgan fingerprint density at radius 3 is 2.28 bits per heavy atom. The first-order chi connectivity index (χ1) is 15.5. The Balaban J connectivity index is 1.71. The molecule has 0 unspecified atom stereocenters. The number of methoxy groups -OCH3 is 1. The molecule has 2 aromatic carbocycles. The first-order valence-electron chi connectivity index (χ1n) is 10.5. The van der Waals surface area contributed by atoms with Crippen molar-refractivity contribution >= 4 is 35.2 Å². The molecule has 0 aliphatic rings. The second-order valence-electron chi connectivity index (χ2n) is 6.94. The molecule has 2 aromatic rings. The van der Waals surface area contributed by atoms with Gasteiger partial charge in [-0.25, -0.2) is 0 Å². The minimum atomic E-state index is -0.423. The van der Waals surface area contributed by atoms with Crippen LogP contribution < -0.4 is 25.6 Å². The van der Waals surface area contributed by atoms with Gasteiger partial charge in [-0.2, -0.15) is 0 Å². The predicted octanol–water partition coefficient (Wildman–Crippen LogP) is 4.00. The molecule has 0 atom stereocenters. The molecule has 170 valence electrons. The number of carbonyl (C=O) groups is 2. The number of rotatable bonds is 10. The number of hydrogen-bond donors (Lipinski definition) is 3. The molecule has 0 aliphatic carbocycles. The van der Waals surface area contributed by atoms with Crippen LogP contribution in [-0.2, 0) is 4.79 Å². The summed E-state index contributed by atoms with van der Waals surface area (Å²) >= 11 is 5.03. The van der Waals surface area contributed by atoms with Gasteiger partial charge in [-0.1, -0.05) is 38.3 Å². The number of ether oxygens (including phenoxy) is 2. The molecule has 2 amide bonds. The van der Waals surface area contributed by atoms with E-state index >= 15 is 0 Å². The third-order valence-electron chi connectivity index (χ3n) is 4.45. The summed E-state index contributed by atoms with van der Waals surface area (Å²) in [5, 5.41) is 2.44. The summed E-state index contributed by atoms with van der Waals surface area (Å²) in [5.74, 6) is 0.646. The van der Waals surface area contributed by atoms with E-state index in [-0.39, 0.29) is 11.0 Å². The molecule has 0 heterocycles. The van der Waals surface area contributed by atoms with E-state index in [4.69, 9.17) is 21.7 Å². The number of hydrazine groups is 1. The molecule has 2 rings (SSSR count). The van der Waals surface area contributed by atoms with E-state index in [1.165, 1.54) is 18.9 Å².